The van der Waals surface area contributed by atoms with Crippen LogP contribution in [0.2, 0.25) is 0 Å². The average Bonchev–Trinajstić information content (AvgIpc) is 2.36. The van der Waals surface area contributed by atoms with Crippen molar-refractivity contribution in [3.05, 3.63) is 29.8 Å². The number of nitriles is 1. The van der Waals surface area contributed by atoms with Crippen molar-refractivity contribution in [1.82, 2.24) is 5.32 Å². The number of carbonyl (C=O) groups is 1. The normalized spacial score (nSPS) is 11.4. The third kappa shape index (κ3) is 4.15. The summed E-state index contributed by atoms with van der Waals surface area (Å²) in [5.41, 5.74) is 1.01. The van der Waals surface area contributed by atoms with Gasteiger partial charge in [-0.1, -0.05) is 12.1 Å². The summed E-state index contributed by atoms with van der Waals surface area (Å²) in [7, 11) is 1.61. The molecule has 0 bridgehead atoms. The summed E-state index contributed by atoms with van der Waals surface area (Å²) in [6, 6.07) is 9.42. The fourth-order valence-corrected chi connectivity index (χ4v) is 1.46. The molecule has 1 atom stereocenters. The van der Waals surface area contributed by atoms with Gasteiger partial charge in [-0.3, -0.25) is 4.79 Å². The summed E-state index contributed by atoms with van der Waals surface area (Å²) in [4.78, 5) is 11.4. The maximum absolute atomic E-state index is 11.4. The molecule has 4 nitrogen and oxygen atoms in total. The maximum atomic E-state index is 11.4. The average molecular weight is 232 g/mol. The molecule has 1 unspecified atom stereocenters. The van der Waals surface area contributed by atoms with E-state index in [0.29, 0.717) is 0 Å². The van der Waals surface area contributed by atoms with E-state index in [2.05, 4.69) is 5.32 Å². The Hall–Kier alpha value is -2.02. The minimum absolute atomic E-state index is 0.0629. The number of hydrogen-bond acceptors (Lipinski definition) is 3. The van der Waals surface area contributed by atoms with E-state index in [9.17, 15) is 4.79 Å². The highest BCUT2D eigenvalue weighted by atomic mass is 16.5. The molecule has 0 saturated heterocycles. The van der Waals surface area contributed by atoms with Crippen LogP contribution < -0.4 is 10.1 Å². The van der Waals surface area contributed by atoms with Crippen LogP contribution in [0, 0.1) is 11.3 Å². The Morgan fingerprint density at radius 3 is 2.65 bits per heavy atom. The summed E-state index contributed by atoms with van der Waals surface area (Å²) in [6.45, 7) is 1.91. The number of nitrogens with zero attached hydrogens (tertiary/aromatic N) is 1. The number of rotatable bonds is 5. The Kier molecular flexibility index (Phi) is 5.02. The summed E-state index contributed by atoms with van der Waals surface area (Å²) in [5.74, 6) is 0.687. The fourth-order valence-electron chi connectivity index (χ4n) is 1.46. The standard InChI is InChI=1S/C13H16N2O2/c1-10(15-13(16)4-3-9-14)11-5-7-12(17-2)8-6-11/h5-8,10H,3-4H2,1-2H3,(H,15,16). The van der Waals surface area contributed by atoms with E-state index in [1.807, 2.05) is 37.3 Å². The monoisotopic (exact) mass is 232 g/mol. The van der Waals surface area contributed by atoms with E-state index >= 15 is 0 Å². The molecular weight excluding hydrogens is 216 g/mol. The number of amides is 1. The summed E-state index contributed by atoms with van der Waals surface area (Å²) < 4.78 is 5.06. The van der Waals surface area contributed by atoms with Gasteiger partial charge in [0.15, 0.2) is 0 Å². The van der Waals surface area contributed by atoms with Gasteiger partial charge < -0.3 is 10.1 Å². The minimum atomic E-state index is -0.102. The van der Waals surface area contributed by atoms with Crippen LogP contribution >= 0.6 is 0 Å². The van der Waals surface area contributed by atoms with E-state index in [1.165, 1.54) is 0 Å². The fraction of sp³-hybridized carbons (Fsp3) is 0.385. The molecule has 0 aliphatic carbocycles. The van der Waals surface area contributed by atoms with Crippen LogP contribution in [0.1, 0.15) is 31.4 Å². The number of hydrogen-bond donors (Lipinski definition) is 1. The summed E-state index contributed by atoms with van der Waals surface area (Å²) >= 11 is 0. The summed E-state index contributed by atoms with van der Waals surface area (Å²) in [6.07, 6.45) is 0.498. The van der Waals surface area contributed by atoms with Gasteiger partial charge in [0.05, 0.1) is 19.2 Å². The zero-order valence-electron chi connectivity index (χ0n) is 10.1. The molecule has 0 aliphatic heterocycles. The third-order valence-corrected chi connectivity index (χ3v) is 2.46. The molecule has 1 rings (SSSR count). The highest BCUT2D eigenvalue weighted by Crippen LogP contribution is 2.17. The van der Waals surface area contributed by atoms with Gasteiger partial charge in [-0.15, -0.1) is 0 Å². The van der Waals surface area contributed by atoms with Gasteiger partial charge in [-0.2, -0.15) is 5.26 Å². The van der Waals surface area contributed by atoms with Crippen molar-refractivity contribution in [2.75, 3.05) is 7.11 Å². The van der Waals surface area contributed by atoms with Crippen LogP contribution in [0.15, 0.2) is 24.3 Å². The number of carbonyl (C=O) groups excluding carboxylic acids is 1. The van der Waals surface area contributed by atoms with Crippen LogP contribution in [-0.4, -0.2) is 13.0 Å². The Labute approximate surface area is 101 Å². The minimum Gasteiger partial charge on any atom is -0.497 e. The lowest BCUT2D eigenvalue weighted by molar-refractivity contribution is -0.121. The van der Waals surface area contributed by atoms with E-state index in [1.54, 1.807) is 7.11 Å². The number of nitrogens with one attached hydrogen (secondary N) is 1. The molecule has 90 valence electrons. The van der Waals surface area contributed by atoms with Crippen molar-refractivity contribution in [3.8, 4) is 11.8 Å². The van der Waals surface area contributed by atoms with E-state index < -0.39 is 0 Å². The van der Waals surface area contributed by atoms with Gasteiger partial charge in [0.2, 0.25) is 5.91 Å². The zero-order chi connectivity index (χ0) is 12.7. The third-order valence-electron chi connectivity index (χ3n) is 2.46. The molecule has 0 aliphatic rings. The van der Waals surface area contributed by atoms with Gasteiger partial charge in [0.25, 0.3) is 0 Å². The largest absolute Gasteiger partial charge is 0.497 e. The first-order valence-electron chi connectivity index (χ1n) is 5.47. The van der Waals surface area contributed by atoms with Crippen molar-refractivity contribution < 1.29 is 9.53 Å². The Morgan fingerprint density at radius 2 is 2.12 bits per heavy atom. The quantitative estimate of drug-likeness (QED) is 0.846. The second kappa shape index (κ2) is 6.54. The predicted molar refractivity (Wildman–Crippen MR) is 64.4 cm³/mol. The van der Waals surface area contributed by atoms with E-state index in [-0.39, 0.29) is 24.8 Å². The van der Waals surface area contributed by atoms with Crippen molar-refractivity contribution in [1.29, 1.82) is 5.26 Å². The van der Waals surface area contributed by atoms with Crippen LogP contribution in [0.3, 0.4) is 0 Å². The molecule has 1 aromatic rings. The molecule has 1 N–H and O–H groups in total. The first-order valence-corrected chi connectivity index (χ1v) is 5.47. The highest BCUT2D eigenvalue weighted by Gasteiger charge is 2.08. The predicted octanol–water partition coefficient (Wildman–Crippen LogP) is 2.18. The maximum Gasteiger partial charge on any atom is 0.221 e. The molecule has 0 saturated carbocycles. The van der Waals surface area contributed by atoms with E-state index in [4.69, 9.17) is 10.00 Å². The molecule has 0 spiro atoms. The van der Waals surface area contributed by atoms with Gasteiger partial charge >= 0.3 is 0 Å². The first-order chi connectivity index (χ1) is 8.17. The van der Waals surface area contributed by atoms with Crippen LogP contribution in [0.4, 0.5) is 0 Å². The number of ether oxygens (including phenoxy) is 1. The van der Waals surface area contributed by atoms with Gasteiger partial charge in [-0.25, -0.2) is 0 Å². The van der Waals surface area contributed by atoms with Crippen molar-refractivity contribution in [3.63, 3.8) is 0 Å². The first kappa shape index (κ1) is 13.0. The van der Waals surface area contributed by atoms with Crippen molar-refractivity contribution in [2.24, 2.45) is 0 Å². The highest BCUT2D eigenvalue weighted by molar-refractivity contribution is 5.76. The number of benzene rings is 1. The molecule has 4 heteroatoms. The molecule has 1 aromatic carbocycles. The molecule has 1 amide bonds. The Morgan fingerprint density at radius 1 is 1.47 bits per heavy atom. The molecule has 0 aromatic heterocycles. The second-order valence-corrected chi connectivity index (χ2v) is 3.72. The topological polar surface area (TPSA) is 62.1 Å². The summed E-state index contributed by atoms with van der Waals surface area (Å²) in [5, 5.41) is 11.2. The molecule has 0 radical (unpaired) electrons. The molecule has 0 heterocycles. The molecule has 0 fully saturated rings. The van der Waals surface area contributed by atoms with Crippen molar-refractivity contribution in [2.45, 2.75) is 25.8 Å². The number of methoxy groups -OCH3 is 1. The van der Waals surface area contributed by atoms with Crippen LogP contribution in [-0.2, 0) is 4.79 Å². The molecule has 17 heavy (non-hydrogen) atoms. The van der Waals surface area contributed by atoms with Gasteiger partial charge in [0, 0.05) is 12.8 Å². The Balaban J connectivity index is 2.54. The second-order valence-electron chi connectivity index (χ2n) is 3.72. The lowest BCUT2D eigenvalue weighted by Crippen LogP contribution is -2.26. The van der Waals surface area contributed by atoms with Crippen LogP contribution in [0.5, 0.6) is 5.75 Å². The zero-order valence-corrected chi connectivity index (χ0v) is 10.1. The molecular formula is C13H16N2O2. The SMILES string of the molecule is COc1ccc(C(C)NC(=O)CCC#N)cc1. The van der Waals surface area contributed by atoms with Crippen molar-refractivity contribution >= 4 is 5.91 Å². The lowest BCUT2D eigenvalue weighted by Gasteiger charge is -2.14. The van der Waals surface area contributed by atoms with Crippen LogP contribution in [0.25, 0.3) is 0 Å². The Bertz CT molecular complexity index is 406. The van der Waals surface area contributed by atoms with E-state index in [0.717, 1.165) is 11.3 Å². The van der Waals surface area contributed by atoms with Gasteiger partial charge in [-0.05, 0) is 24.6 Å². The smallest absolute Gasteiger partial charge is 0.221 e. The van der Waals surface area contributed by atoms with Gasteiger partial charge in [0.1, 0.15) is 5.75 Å². The lowest BCUT2D eigenvalue weighted by atomic mass is 10.1.